The van der Waals surface area contributed by atoms with Crippen LogP contribution in [0.2, 0.25) is 0 Å². The van der Waals surface area contributed by atoms with Crippen LogP contribution in [0.25, 0.3) is 0 Å². The van der Waals surface area contributed by atoms with Crippen molar-refractivity contribution in [1.29, 1.82) is 0 Å². The van der Waals surface area contributed by atoms with E-state index in [2.05, 4.69) is 5.32 Å². The summed E-state index contributed by atoms with van der Waals surface area (Å²) >= 11 is 0. The number of nitrogens with zero attached hydrogens (tertiary/aromatic N) is 1. The average molecular weight is 298 g/mol. The van der Waals surface area contributed by atoms with Crippen LogP contribution in [0.3, 0.4) is 0 Å². The molecule has 1 aromatic rings. The Hall–Kier alpha value is -2.18. The molecule has 0 radical (unpaired) electrons. The number of amides is 3. The van der Waals surface area contributed by atoms with E-state index in [1.807, 2.05) is 12.1 Å². The largest absolute Gasteiger partial charge is 0.382 e. The van der Waals surface area contributed by atoms with E-state index in [4.69, 9.17) is 4.74 Å². The molecule has 0 unspecified atom stereocenters. The van der Waals surface area contributed by atoms with E-state index in [1.165, 1.54) is 4.90 Å². The lowest BCUT2D eigenvalue weighted by Gasteiger charge is -2.38. The molecule has 3 heterocycles. The van der Waals surface area contributed by atoms with Gasteiger partial charge < -0.3 is 9.84 Å². The van der Waals surface area contributed by atoms with Crippen molar-refractivity contribution in [2.45, 2.75) is 36.7 Å². The second-order valence-corrected chi connectivity index (χ2v) is 6.28. The van der Waals surface area contributed by atoms with Gasteiger partial charge in [0.2, 0.25) is 0 Å². The van der Waals surface area contributed by atoms with E-state index in [9.17, 15) is 14.7 Å². The highest BCUT2D eigenvalue weighted by Gasteiger charge is 2.63. The Balaban J connectivity index is 1.88. The zero-order valence-corrected chi connectivity index (χ0v) is 11.7. The molecule has 1 saturated heterocycles. The zero-order valence-electron chi connectivity index (χ0n) is 11.7. The van der Waals surface area contributed by atoms with Gasteiger partial charge in [0, 0.05) is 5.56 Å². The molecule has 5 rings (SSSR count). The van der Waals surface area contributed by atoms with Gasteiger partial charge in [0.1, 0.15) is 11.7 Å². The van der Waals surface area contributed by atoms with E-state index in [0.717, 1.165) is 24.0 Å². The lowest BCUT2D eigenvalue weighted by atomic mass is 9.74. The van der Waals surface area contributed by atoms with Crippen molar-refractivity contribution in [2.24, 2.45) is 0 Å². The van der Waals surface area contributed by atoms with Crippen molar-refractivity contribution in [1.82, 2.24) is 5.32 Å². The summed E-state index contributed by atoms with van der Waals surface area (Å²) < 4.78 is 5.93. The molecule has 6 heteroatoms. The standard InChI is InChI=1S/C16H14N2O4/c19-13-16-8-6-11(22-16)15(21)7-2-4-9-3-1-5-10(12(9)15)18(16)14(20)17-13/h1,3,5-6,8,11,21H,2,4,7H2,(H,17,19,20)/t11-,15-,16-/m0/s1. The number of urea groups is 1. The molecule has 1 spiro atoms. The third kappa shape index (κ3) is 1.16. The molecule has 3 amide bonds. The molecule has 112 valence electrons. The van der Waals surface area contributed by atoms with Crippen molar-refractivity contribution in [3.05, 3.63) is 41.5 Å². The fourth-order valence-corrected chi connectivity index (χ4v) is 4.23. The highest BCUT2D eigenvalue weighted by Crippen LogP contribution is 2.53. The first kappa shape index (κ1) is 12.4. The summed E-state index contributed by atoms with van der Waals surface area (Å²) in [5.74, 6) is -0.504. The van der Waals surface area contributed by atoms with E-state index < -0.39 is 29.4 Å². The molecule has 0 aromatic heterocycles. The Morgan fingerprint density at radius 2 is 2.23 bits per heavy atom. The van der Waals surface area contributed by atoms with Crippen molar-refractivity contribution in [3.8, 4) is 0 Å². The minimum Gasteiger partial charge on any atom is -0.382 e. The first-order valence-electron chi connectivity index (χ1n) is 7.44. The predicted molar refractivity (Wildman–Crippen MR) is 76.0 cm³/mol. The molecular formula is C16H14N2O4. The highest BCUT2D eigenvalue weighted by atomic mass is 16.6. The number of aryl methyl sites for hydroxylation is 1. The van der Waals surface area contributed by atoms with Crippen LogP contribution in [0.15, 0.2) is 30.4 Å². The Kier molecular flexibility index (Phi) is 2.02. The maximum atomic E-state index is 12.3. The third-order valence-electron chi connectivity index (χ3n) is 5.16. The Morgan fingerprint density at radius 3 is 3.09 bits per heavy atom. The van der Waals surface area contributed by atoms with Crippen molar-refractivity contribution >= 4 is 17.6 Å². The number of hydrogen-bond acceptors (Lipinski definition) is 4. The Bertz CT molecular complexity index is 773. The SMILES string of the molecule is O=C1NC(=O)[C@]23C=C[C@H](O2)[C@@]2(O)CCCc4cccc(c42)N13. The molecular weight excluding hydrogens is 284 g/mol. The number of carbonyl (C=O) groups is 2. The molecule has 6 nitrogen and oxygen atoms in total. The summed E-state index contributed by atoms with van der Waals surface area (Å²) in [4.78, 5) is 26.0. The predicted octanol–water partition coefficient (Wildman–Crippen LogP) is 0.932. The smallest absolute Gasteiger partial charge is 0.331 e. The number of fused-ring (bicyclic) bond motifs is 3. The minimum atomic E-state index is -1.47. The molecule has 1 fully saturated rings. The van der Waals surface area contributed by atoms with Gasteiger partial charge in [-0.2, -0.15) is 0 Å². The fourth-order valence-electron chi connectivity index (χ4n) is 4.23. The van der Waals surface area contributed by atoms with Gasteiger partial charge in [0.05, 0.1) is 5.69 Å². The monoisotopic (exact) mass is 298 g/mol. The topological polar surface area (TPSA) is 78.9 Å². The van der Waals surface area contributed by atoms with Gasteiger partial charge in [-0.25, -0.2) is 4.79 Å². The lowest BCUT2D eigenvalue weighted by molar-refractivity contribution is -0.152. The van der Waals surface area contributed by atoms with Gasteiger partial charge in [-0.1, -0.05) is 18.2 Å². The molecule has 3 atom stereocenters. The van der Waals surface area contributed by atoms with E-state index >= 15 is 0 Å². The first-order chi connectivity index (χ1) is 10.6. The van der Waals surface area contributed by atoms with Gasteiger partial charge >= 0.3 is 6.03 Å². The van der Waals surface area contributed by atoms with Crippen LogP contribution >= 0.6 is 0 Å². The lowest BCUT2D eigenvalue weighted by Crippen LogP contribution is -2.49. The summed E-state index contributed by atoms with van der Waals surface area (Å²) in [6.45, 7) is 0. The number of imide groups is 1. The van der Waals surface area contributed by atoms with Gasteiger partial charge in [-0.15, -0.1) is 0 Å². The fraction of sp³-hybridized carbons (Fsp3) is 0.375. The number of ether oxygens (including phenoxy) is 1. The van der Waals surface area contributed by atoms with E-state index in [1.54, 1.807) is 18.2 Å². The van der Waals surface area contributed by atoms with Crippen LogP contribution in [0.4, 0.5) is 10.5 Å². The average Bonchev–Trinajstić information content (AvgIpc) is 3.00. The minimum absolute atomic E-state index is 0.504. The second kappa shape index (κ2) is 3.59. The van der Waals surface area contributed by atoms with Gasteiger partial charge in [-0.05, 0) is 37.0 Å². The maximum Gasteiger partial charge on any atom is 0.331 e. The molecule has 22 heavy (non-hydrogen) atoms. The molecule has 2 N–H and O–H groups in total. The first-order valence-corrected chi connectivity index (χ1v) is 7.44. The van der Waals surface area contributed by atoms with Crippen molar-refractivity contribution in [3.63, 3.8) is 0 Å². The van der Waals surface area contributed by atoms with Gasteiger partial charge in [0.25, 0.3) is 11.6 Å². The molecule has 1 aromatic carbocycles. The van der Waals surface area contributed by atoms with Gasteiger partial charge in [-0.3, -0.25) is 15.0 Å². The molecule has 0 saturated carbocycles. The van der Waals surface area contributed by atoms with Crippen LogP contribution in [0.1, 0.15) is 24.0 Å². The van der Waals surface area contributed by atoms with Crippen LogP contribution < -0.4 is 10.2 Å². The Labute approximate surface area is 126 Å². The molecule has 2 bridgehead atoms. The summed E-state index contributed by atoms with van der Waals surface area (Å²) in [7, 11) is 0. The van der Waals surface area contributed by atoms with E-state index in [-0.39, 0.29) is 0 Å². The molecule has 3 aliphatic heterocycles. The number of rotatable bonds is 0. The maximum absolute atomic E-state index is 12.3. The number of carbonyl (C=O) groups excluding carboxylic acids is 2. The summed E-state index contributed by atoms with van der Waals surface area (Å²) in [5.41, 5.74) is -0.366. The zero-order chi connectivity index (χ0) is 15.1. The summed E-state index contributed by atoms with van der Waals surface area (Å²) in [6, 6.07) is 5.08. The van der Waals surface area contributed by atoms with Crippen molar-refractivity contribution < 1.29 is 19.4 Å². The number of aliphatic hydroxyl groups is 1. The molecule has 4 aliphatic rings. The van der Waals surface area contributed by atoms with Gasteiger partial charge in [0.15, 0.2) is 0 Å². The normalized spacial score (nSPS) is 37.7. The Morgan fingerprint density at radius 1 is 1.36 bits per heavy atom. The number of nitrogens with one attached hydrogen (secondary N) is 1. The van der Waals surface area contributed by atoms with Crippen LogP contribution in [-0.2, 0) is 21.6 Å². The van der Waals surface area contributed by atoms with Crippen LogP contribution in [0.5, 0.6) is 0 Å². The third-order valence-corrected chi connectivity index (χ3v) is 5.16. The summed E-state index contributed by atoms with van der Waals surface area (Å²) in [6.07, 6.45) is 4.89. The van der Waals surface area contributed by atoms with Crippen LogP contribution in [-0.4, -0.2) is 28.9 Å². The van der Waals surface area contributed by atoms with Crippen LogP contribution in [0, 0.1) is 0 Å². The van der Waals surface area contributed by atoms with E-state index in [0.29, 0.717) is 12.1 Å². The van der Waals surface area contributed by atoms with Crippen molar-refractivity contribution in [2.75, 3.05) is 4.90 Å². The number of hydrogen-bond donors (Lipinski definition) is 2. The summed E-state index contributed by atoms with van der Waals surface area (Å²) in [5, 5.41) is 13.6. The quantitative estimate of drug-likeness (QED) is 0.552. The molecule has 1 aliphatic carbocycles. The number of anilines is 1. The number of benzene rings is 1. The second-order valence-electron chi connectivity index (χ2n) is 6.28. The highest BCUT2D eigenvalue weighted by molar-refractivity contribution is 6.18.